The molecule has 13 nitrogen and oxygen atoms in total. The monoisotopic (exact) mass is 982 g/mol. The molecule has 0 aromatic heterocycles. The highest BCUT2D eigenvalue weighted by Gasteiger charge is 2.38. The number of rotatable bonds is 48. The largest absolute Gasteiger partial charge is 0.465 e. The summed E-state index contributed by atoms with van der Waals surface area (Å²) in [5.41, 5.74) is -1.39. The second kappa shape index (κ2) is 44.7. The summed E-state index contributed by atoms with van der Waals surface area (Å²) in [6.45, 7) is 13.2. The predicted octanol–water partition coefficient (Wildman–Crippen LogP) is 12.9. The highest BCUT2D eigenvalue weighted by Crippen LogP contribution is 2.26. The smallest absolute Gasteiger partial charge is 0.306 e. The predicted molar refractivity (Wildman–Crippen MR) is 274 cm³/mol. The molecule has 0 heterocycles. The molecule has 0 radical (unpaired) electrons. The van der Waals surface area contributed by atoms with Crippen molar-refractivity contribution in [2.75, 3.05) is 60.3 Å². The van der Waals surface area contributed by atoms with Crippen molar-refractivity contribution in [2.45, 2.75) is 241 Å². The van der Waals surface area contributed by atoms with E-state index < -0.39 is 29.3 Å². The summed E-state index contributed by atoms with van der Waals surface area (Å²) < 4.78 is 34.6. The van der Waals surface area contributed by atoms with Crippen molar-refractivity contribution in [3.8, 4) is 0 Å². The lowest BCUT2D eigenvalue weighted by molar-refractivity contribution is -0.171. The van der Waals surface area contributed by atoms with Gasteiger partial charge in [-0.2, -0.15) is 0 Å². The Balaban J connectivity index is 5.96. The maximum atomic E-state index is 13.6. The first-order chi connectivity index (χ1) is 33.3. The van der Waals surface area contributed by atoms with Crippen LogP contribution in [0.3, 0.4) is 0 Å². The summed E-state index contributed by atoms with van der Waals surface area (Å²) in [5.74, 6) is -1.62. The molecule has 0 saturated heterocycles. The third-order valence-electron chi connectivity index (χ3n) is 12.9. The van der Waals surface area contributed by atoms with E-state index in [9.17, 15) is 28.8 Å². The highest BCUT2D eigenvalue weighted by molar-refractivity contribution is 5.72. The minimum Gasteiger partial charge on any atom is -0.465 e. The third kappa shape index (κ3) is 39.1. The van der Waals surface area contributed by atoms with Crippen LogP contribution in [-0.2, 0) is 57.2 Å². The van der Waals surface area contributed by atoms with Gasteiger partial charge in [0.05, 0.1) is 13.2 Å². The van der Waals surface area contributed by atoms with Gasteiger partial charge in [0.1, 0.15) is 31.8 Å². The van der Waals surface area contributed by atoms with Crippen LogP contribution < -0.4 is 0 Å². The van der Waals surface area contributed by atoms with Gasteiger partial charge in [0, 0.05) is 38.5 Å². The molecule has 0 aromatic rings. The van der Waals surface area contributed by atoms with Gasteiger partial charge in [0.15, 0.2) is 0 Å². The molecule has 0 aliphatic rings. The molecule has 69 heavy (non-hydrogen) atoms. The minimum atomic E-state index is -1.39. The van der Waals surface area contributed by atoms with Crippen molar-refractivity contribution in [2.24, 2.45) is 23.2 Å². The van der Waals surface area contributed by atoms with Crippen LogP contribution >= 0.6 is 0 Å². The van der Waals surface area contributed by atoms with E-state index in [4.69, 9.17) is 28.4 Å². The third-order valence-corrected chi connectivity index (χ3v) is 12.9. The topological polar surface area (TPSA) is 161 Å². The molecule has 0 bridgehead atoms. The normalized spacial score (nSPS) is 11.7. The van der Waals surface area contributed by atoms with E-state index in [2.05, 4.69) is 41.5 Å². The molecule has 0 aliphatic heterocycles. The van der Waals surface area contributed by atoms with Gasteiger partial charge in [0.2, 0.25) is 0 Å². The molecule has 0 N–H and O–H groups in total. The van der Waals surface area contributed by atoms with Crippen molar-refractivity contribution in [3.63, 3.8) is 0 Å². The second-order valence-electron chi connectivity index (χ2n) is 20.2. The molecule has 0 aromatic carbocycles. The van der Waals surface area contributed by atoms with Crippen molar-refractivity contribution >= 4 is 35.8 Å². The zero-order valence-electron chi connectivity index (χ0n) is 45.4. The number of hydrogen-bond acceptors (Lipinski definition) is 13. The van der Waals surface area contributed by atoms with E-state index in [-0.39, 0.29) is 82.8 Å². The zero-order chi connectivity index (χ0) is 51.4. The van der Waals surface area contributed by atoms with E-state index in [0.717, 1.165) is 128 Å². The van der Waals surface area contributed by atoms with E-state index >= 15 is 0 Å². The molecule has 0 spiro atoms. The molecule has 13 heteroatoms. The zero-order valence-corrected chi connectivity index (χ0v) is 45.4. The maximum Gasteiger partial charge on any atom is 0.306 e. The Hall–Kier alpha value is -3.22. The lowest BCUT2D eigenvalue weighted by Gasteiger charge is -2.32. The van der Waals surface area contributed by atoms with Gasteiger partial charge in [-0.05, 0) is 109 Å². The van der Waals surface area contributed by atoms with Gasteiger partial charge >= 0.3 is 35.8 Å². The minimum absolute atomic E-state index is 0.0284. The number of ether oxygens (including phenoxy) is 6. The summed E-state index contributed by atoms with van der Waals surface area (Å²) >= 11 is 0. The Labute approximate surface area is 420 Å². The quantitative estimate of drug-likeness (QED) is 0.0322. The Morgan fingerprint density at radius 3 is 0.957 bits per heavy atom. The molecule has 404 valence electrons. The van der Waals surface area contributed by atoms with E-state index in [0.29, 0.717) is 63.7 Å². The first-order valence-corrected chi connectivity index (χ1v) is 27.8. The van der Waals surface area contributed by atoms with Crippen LogP contribution in [0.5, 0.6) is 0 Å². The summed E-state index contributed by atoms with van der Waals surface area (Å²) in [5, 5.41) is 0. The van der Waals surface area contributed by atoms with Crippen LogP contribution in [0, 0.1) is 23.2 Å². The van der Waals surface area contributed by atoms with E-state index in [1.54, 1.807) is 0 Å². The number of hydrogen-bond donors (Lipinski definition) is 0. The van der Waals surface area contributed by atoms with Crippen molar-refractivity contribution in [3.05, 3.63) is 0 Å². The van der Waals surface area contributed by atoms with E-state index in [1.165, 1.54) is 0 Å². The summed E-state index contributed by atoms with van der Waals surface area (Å²) in [6, 6.07) is 0. The summed E-state index contributed by atoms with van der Waals surface area (Å²) in [6.07, 6.45) is 24.3. The Morgan fingerprint density at radius 2 is 0.638 bits per heavy atom. The van der Waals surface area contributed by atoms with Crippen LogP contribution in [0.15, 0.2) is 0 Å². The first-order valence-electron chi connectivity index (χ1n) is 27.8. The molecule has 0 rings (SSSR count). The van der Waals surface area contributed by atoms with Gasteiger partial charge in [-0.1, -0.05) is 131 Å². The average molecular weight is 982 g/mol. The first kappa shape index (κ1) is 65.8. The van der Waals surface area contributed by atoms with Gasteiger partial charge in [-0.15, -0.1) is 0 Å². The van der Waals surface area contributed by atoms with Crippen LogP contribution in [-0.4, -0.2) is 101 Å². The number of unbranched alkanes of at least 4 members (excludes halogenated alkanes) is 10. The summed E-state index contributed by atoms with van der Waals surface area (Å²) in [4.78, 5) is 80.3. The molecule has 0 unspecified atom stereocenters. The lowest BCUT2D eigenvalue weighted by Crippen LogP contribution is -2.44. The fourth-order valence-electron chi connectivity index (χ4n) is 8.19. The Kier molecular flexibility index (Phi) is 42.6. The van der Waals surface area contributed by atoms with Crippen LogP contribution in [0.2, 0.25) is 0 Å². The van der Waals surface area contributed by atoms with Crippen molar-refractivity contribution in [1.29, 1.82) is 0 Å². The standard InChI is InChI=1S/C56H103NO12/c1-9-15-21-32-47(33-22-16-10-2)40-55(63)69-46-56(45-68-54(62)38-27-39-57(7)8,43-66-52(60)36-25-23-34-50(58)64-41-48(28-17-11-3)29-18-12-4)44-67-53(61)37-26-24-35-51(59)65-42-49(30-19-13-5)31-20-14-6/h47-49H,9-46H2,1-8H3. The molecular formula is C56H103NO12. The Bertz CT molecular complexity index is 1240. The number of esters is 6. The van der Waals surface area contributed by atoms with Gasteiger partial charge in [-0.25, -0.2) is 0 Å². The van der Waals surface area contributed by atoms with Crippen molar-refractivity contribution in [1.82, 2.24) is 4.90 Å². The van der Waals surface area contributed by atoms with Gasteiger partial charge in [-0.3, -0.25) is 28.8 Å². The summed E-state index contributed by atoms with van der Waals surface area (Å²) in [7, 11) is 3.84. The van der Waals surface area contributed by atoms with Gasteiger partial charge in [0.25, 0.3) is 0 Å². The maximum absolute atomic E-state index is 13.6. The Morgan fingerprint density at radius 1 is 0.348 bits per heavy atom. The fourth-order valence-corrected chi connectivity index (χ4v) is 8.19. The highest BCUT2D eigenvalue weighted by atomic mass is 16.6. The van der Waals surface area contributed by atoms with E-state index in [1.807, 2.05) is 19.0 Å². The average Bonchev–Trinajstić information content (AvgIpc) is 3.33. The number of nitrogens with zero attached hydrogens (tertiary/aromatic N) is 1. The number of carbonyl (C=O) groups excluding carboxylic acids is 6. The van der Waals surface area contributed by atoms with Gasteiger partial charge < -0.3 is 33.3 Å². The lowest BCUT2D eigenvalue weighted by atomic mass is 9.91. The van der Waals surface area contributed by atoms with Crippen LogP contribution in [0.1, 0.15) is 241 Å². The molecular weight excluding hydrogens is 879 g/mol. The molecule has 0 atom stereocenters. The molecule has 0 saturated carbocycles. The second-order valence-corrected chi connectivity index (χ2v) is 20.2. The molecule has 0 aliphatic carbocycles. The SMILES string of the molecule is CCCCCC(CCCCC)CC(=O)OCC(COC(=O)CCCCC(=O)OCC(CCCC)CCCC)(COC(=O)CCCCC(=O)OCC(CCCC)CCCC)COC(=O)CCCN(C)C. The van der Waals surface area contributed by atoms with Crippen LogP contribution in [0.4, 0.5) is 0 Å². The molecule has 0 fully saturated rings. The molecule has 0 amide bonds. The van der Waals surface area contributed by atoms with Crippen LogP contribution in [0.25, 0.3) is 0 Å². The van der Waals surface area contributed by atoms with Crippen molar-refractivity contribution < 1.29 is 57.2 Å². The number of carbonyl (C=O) groups is 6. The fraction of sp³-hybridized carbons (Fsp3) is 0.893.